The first-order valence-corrected chi connectivity index (χ1v) is 10.5. The molecular formula is C14H21BrN2O2S2. The number of piperidine rings is 2. The average Bonchev–Trinajstić information content (AvgIpc) is 2.70. The molecule has 118 valence electrons. The Bertz CT molecular complexity index is 615. The summed E-state index contributed by atoms with van der Waals surface area (Å²) in [4.78, 5) is 3.70. The van der Waals surface area contributed by atoms with Gasteiger partial charge in [-0.1, -0.05) is 6.42 Å². The number of sulfonamides is 1. The van der Waals surface area contributed by atoms with Gasteiger partial charge in [0, 0.05) is 23.0 Å². The van der Waals surface area contributed by atoms with Gasteiger partial charge < -0.3 is 4.90 Å². The highest BCUT2D eigenvalue weighted by Crippen LogP contribution is 2.34. The van der Waals surface area contributed by atoms with Crippen LogP contribution in [0.4, 0.5) is 0 Å². The van der Waals surface area contributed by atoms with Crippen LogP contribution in [-0.2, 0) is 10.0 Å². The number of aryl methyl sites for hydroxylation is 1. The Morgan fingerprint density at radius 3 is 2.48 bits per heavy atom. The van der Waals surface area contributed by atoms with E-state index < -0.39 is 10.0 Å². The lowest BCUT2D eigenvalue weighted by Gasteiger charge is -2.47. The van der Waals surface area contributed by atoms with Crippen molar-refractivity contribution < 1.29 is 8.42 Å². The summed E-state index contributed by atoms with van der Waals surface area (Å²) in [6.07, 6.45) is 5.51. The summed E-state index contributed by atoms with van der Waals surface area (Å²) in [7, 11) is -1.23. The zero-order chi connectivity index (χ0) is 15.2. The lowest BCUT2D eigenvalue weighted by molar-refractivity contribution is 0.0536. The van der Waals surface area contributed by atoms with Crippen LogP contribution in [0.25, 0.3) is 0 Å². The van der Waals surface area contributed by atoms with Gasteiger partial charge >= 0.3 is 0 Å². The summed E-state index contributed by atoms with van der Waals surface area (Å²) in [5, 5.41) is 0. The molecule has 0 amide bonds. The maximum Gasteiger partial charge on any atom is 0.241 e. The predicted octanol–water partition coefficient (Wildman–Crippen LogP) is 3.11. The minimum Gasteiger partial charge on any atom is -0.300 e. The van der Waals surface area contributed by atoms with Crippen molar-refractivity contribution in [3.63, 3.8) is 0 Å². The molecule has 0 radical (unpaired) electrons. The topological polar surface area (TPSA) is 49.4 Å². The molecule has 1 aromatic rings. The number of fused-ring (bicyclic) bond motifs is 2. The average molecular weight is 393 g/mol. The van der Waals surface area contributed by atoms with Gasteiger partial charge in [0.25, 0.3) is 0 Å². The molecule has 1 N–H and O–H groups in total. The van der Waals surface area contributed by atoms with Crippen LogP contribution in [0.3, 0.4) is 0 Å². The van der Waals surface area contributed by atoms with Crippen LogP contribution < -0.4 is 4.72 Å². The lowest BCUT2D eigenvalue weighted by atomic mass is 9.83. The summed E-state index contributed by atoms with van der Waals surface area (Å²) < 4.78 is 29.0. The molecule has 0 aliphatic carbocycles. The molecule has 4 nitrogen and oxygen atoms in total. The molecule has 2 saturated heterocycles. The van der Waals surface area contributed by atoms with E-state index in [1.165, 1.54) is 30.6 Å². The van der Waals surface area contributed by atoms with E-state index in [9.17, 15) is 8.42 Å². The molecule has 3 heterocycles. The second-order valence-corrected chi connectivity index (χ2v) is 10.5. The van der Waals surface area contributed by atoms with Crippen LogP contribution in [0.5, 0.6) is 0 Å². The van der Waals surface area contributed by atoms with E-state index >= 15 is 0 Å². The Morgan fingerprint density at radius 2 is 1.95 bits per heavy atom. The quantitative estimate of drug-likeness (QED) is 0.859. The SMILES string of the molecule is Cc1sc(Br)cc1S(=O)(=O)NC1CC2CCCC(C1)N2C. The molecule has 2 unspecified atom stereocenters. The molecule has 2 aliphatic heterocycles. The van der Waals surface area contributed by atoms with E-state index in [1.807, 2.05) is 6.92 Å². The number of halogens is 1. The van der Waals surface area contributed by atoms with E-state index in [4.69, 9.17) is 0 Å². The number of hydrogen-bond acceptors (Lipinski definition) is 4. The normalized spacial score (nSPS) is 30.5. The second kappa shape index (κ2) is 5.92. The number of nitrogens with zero attached hydrogens (tertiary/aromatic N) is 1. The van der Waals surface area contributed by atoms with Gasteiger partial charge in [0.1, 0.15) is 0 Å². The summed E-state index contributed by atoms with van der Waals surface area (Å²) in [6.45, 7) is 1.85. The molecular weight excluding hydrogens is 372 g/mol. The van der Waals surface area contributed by atoms with Gasteiger partial charge in [0.05, 0.1) is 8.68 Å². The molecule has 7 heteroatoms. The largest absolute Gasteiger partial charge is 0.300 e. The highest BCUT2D eigenvalue weighted by atomic mass is 79.9. The van der Waals surface area contributed by atoms with E-state index in [0.29, 0.717) is 17.0 Å². The van der Waals surface area contributed by atoms with Gasteiger partial charge in [-0.05, 0) is 61.7 Å². The van der Waals surface area contributed by atoms with Crippen molar-refractivity contribution in [3.05, 3.63) is 14.7 Å². The Balaban J connectivity index is 1.76. The van der Waals surface area contributed by atoms with E-state index in [-0.39, 0.29) is 6.04 Å². The first kappa shape index (κ1) is 15.9. The number of nitrogens with one attached hydrogen (secondary N) is 1. The zero-order valence-electron chi connectivity index (χ0n) is 12.3. The van der Waals surface area contributed by atoms with Crippen molar-refractivity contribution in [2.24, 2.45) is 0 Å². The monoisotopic (exact) mass is 392 g/mol. The van der Waals surface area contributed by atoms with Crippen molar-refractivity contribution in [1.29, 1.82) is 0 Å². The summed E-state index contributed by atoms with van der Waals surface area (Å²) in [5.74, 6) is 0. The Morgan fingerprint density at radius 1 is 1.33 bits per heavy atom. The van der Waals surface area contributed by atoms with Crippen LogP contribution in [0, 0.1) is 6.92 Å². The van der Waals surface area contributed by atoms with Gasteiger partial charge in [-0.3, -0.25) is 0 Å². The molecule has 0 aromatic carbocycles. The number of thiophene rings is 1. The summed E-state index contributed by atoms with van der Waals surface area (Å²) in [6, 6.07) is 2.83. The third-order valence-electron chi connectivity index (χ3n) is 4.79. The van der Waals surface area contributed by atoms with Gasteiger partial charge in [-0.15, -0.1) is 11.3 Å². The lowest BCUT2D eigenvalue weighted by Crippen LogP contribution is -2.55. The van der Waals surface area contributed by atoms with Crippen LogP contribution in [-0.4, -0.2) is 38.5 Å². The molecule has 2 fully saturated rings. The van der Waals surface area contributed by atoms with Crippen molar-refractivity contribution in [1.82, 2.24) is 9.62 Å². The van der Waals surface area contributed by atoms with E-state index in [2.05, 4.69) is 32.6 Å². The fourth-order valence-corrected chi connectivity index (χ4v) is 7.37. The smallest absolute Gasteiger partial charge is 0.241 e. The number of rotatable bonds is 3. The molecule has 2 aliphatic rings. The highest BCUT2D eigenvalue weighted by molar-refractivity contribution is 9.11. The molecule has 1 aromatic heterocycles. The summed E-state index contributed by atoms with van der Waals surface area (Å²) in [5.41, 5.74) is 0. The van der Waals surface area contributed by atoms with Crippen LogP contribution in [0.15, 0.2) is 14.7 Å². The minimum atomic E-state index is -3.41. The molecule has 2 atom stereocenters. The standard InChI is InChI=1S/C14H21BrN2O2S2/c1-9-13(8-14(15)20-9)21(18,19)16-10-6-11-4-3-5-12(7-10)17(11)2/h8,10-12,16H,3-7H2,1-2H3. The third-order valence-corrected chi connectivity index (χ3v) is 8.12. The number of hydrogen-bond donors (Lipinski definition) is 1. The van der Waals surface area contributed by atoms with Gasteiger partial charge in [0.2, 0.25) is 10.0 Å². The second-order valence-electron chi connectivity index (χ2n) is 6.16. The van der Waals surface area contributed by atoms with Crippen LogP contribution >= 0.6 is 27.3 Å². The van der Waals surface area contributed by atoms with Crippen molar-refractivity contribution >= 4 is 37.3 Å². The fraction of sp³-hybridized carbons (Fsp3) is 0.714. The first-order chi connectivity index (χ1) is 9.87. The molecule has 2 bridgehead atoms. The maximum absolute atomic E-state index is 12.6. The molecule has 21 heavy (non-hydrogen) atoms. The minimum absolute atomic E-state index is 0.0691. The molecule has 0 spiro atoms. The van der Waals surface area contributed by atoms with E-state index in [0.717, 1.165) is 21.5 Å². The van der Waals surface area contributed by atoms with Gasteiger partial charge in [0.15, 0.2) is 0 Å². The third kappa shape index (κ3) is 3.22. The van der Waals surface area contributed by atoms with E-state index in [1.54, 1.807) is 6.07 Å². The Hall–Kier alpha value is 0.0500. The van der Waals surface area contributed by atoms with Crippen LogP contribution in [0.2, 0.25) is 0 Å². The molecule has 0 saturated carbocycles. The fourth-order valence-electron chi connectivity index (χ4n) is 3.69. The van der Waals surface area contributed by atoms with Crippen molar-refractivity contribution in [2.45, 2.75) is 62.0 Å². The van der Waals surface area contributed by atoms with Crippen molar-refractivity contribution in [2.75, 3.05) is 7.05 Å². The zero-order valence-corrected chi connectivity index (χ0v) is 15.5. The predicted molar refractivity (Wildman–Crippen MR) is 89.3 cm³/mol. The van der Waals surface area contributed by atoms with Crippen molar-refractivity contribution in [3.8, 4) is 0 Å². The highest BCUT2D eigenvalue weighted by Gasteiger charge is 2.37. The maximum atomic E-state index is 12.6. The summed E-state index contributed by atoms with van der Waals surface area (Å²) >= 11 is 4.83. The van der Waals surface area contributed by atoms with Gasteiger partial charge in [-0.25, -0.2) is 13.1 Å². The molecule has 3 rings (SSSR count). The Labute approximate surface area is 139 Å². The van der Waals surface area contributed by atoms with Crippen LogP contribution in [0.1, 0.15) is 37.0 Å². The van der Waals surface area contributed by atoms with Gasteiger partial charge in [-0.2, -0.15) is 0 Å². The Kier molecular flexibility index (Phi) is 4.49. The first-order valence-electron chi connectivity index (χ1n) is 7.37.